The van der Waals surface area contributed by atoms with E-state index < -0.39 is 17.6 Å². The zero-order valence-electron chi connectivity index (χ0n) is 14.5. The normalized spacial score (nSPS) is 16.7. The van der Waals surface area contributed by atoms with Crippen molar-refractivity contribution in [1.82, 2.24) is 0 Å². The lowest BCUT2D eigenvalue weighted by molar-refractivity contribution is -0.122. The van der Waals surface area contributed by atoms with Gasteiger partial charge in [0.1, 0.15) is 0 Å². The lowest BCUT2D eigenvalue weighted by Crippen LogP contribution is -2.28. The molecule has 0 aliphatic carbocycles. The summed E-state index contributed by atoms with van der Waals surface area (Å²) in [6, 6.07) is 10.6. The highest BCUT2D eigenvalue weighted by Gasteiger charge is 2.35. The second-order valence-corrected chi connectivity index (χ2v) is 6.43. The van der Waals surface area contributed by atoms with Crippen LogP contribution in [0.25, 0.3) is 0 Å². The van der Waals surface area contributed by atoms with Gasteiger partial charge in [-0.25, -0.2) is 8.78 Å². The fourth-order valence-corrected chi connectivity index (χ4v) is 2.87. The Hall–Kier alpha value is -2.96. The number of carbonyl (C=O) groups is 2. The molecule has 2 aromatic carbocycles. The highest BCUT2D eigenvalue weighted by molar-refractivity contribution is 6.03. The molecule has 1 N–H and O–H groups in total. The first kappa shape index (κ1) is 17.8. The number of carbonyl (C=O) groups excluding carboxylic acids is 2. The smallest absolute Gasteiger partial charge is 0.229 e. The van der Waals surface area contributed by atoms with Crippen LogP contribution in [0.15, 0.2) is 42.5 Å². The van der Waals surface area contributed by atoms with Crippen LogP contribution >= 0.6 is 0 Å². The van der Waals surface area contributed by atoms with E-state index in [0.717, 1.165) is 17.8 Å². The van der Waals surface area contributed by atoms with Crippen molar-refractivity contribution < 1.29 is 18.4 Å². The molecular weight excluding hydrogens is 340 g/mol. The first-order chi connectivity index (χ1) is 12.3. The maximum atomic E-state index is 13.4. The summed E-state index contributed by atoms with van der Waals surface area (Å²) < 4.78 is 26.5. The molecular formula is C19H19F2N3O2. The largest absolute Gasteiger partial charge is 0.378 e. The third kappa shape index (κ3) is 3.66. The summed E-state index contributed by atoms with van der Waals surface area (Å²) in [5.41, 5.74) is 1.89. The minimum absolute atomic E-state index is 0.0284. The Kier molecular flexibility index (Phi) is 4.88. The molecule has 26 heavy (non-hydrogen) atoms. The average Bonchev–Trinajstić information content (AvgIpc) is 3.00. The maximum Gasteiger partial charge on any atom is 0.229 e. The van der Waals surface area contributed by atoms with E-state index in [2.05, 4.69) is 5.32 Å². The molecule has 0 bridgehead atoms. The van der Waals surface area contributed by atoms with E-state index in [0.29, 0.717) is 5.69 Å². The summed E-state index contributed by atoms with van der Waals surface area (Å²) in [4.78, 5) is 27.9. The van der Waals surface area contributed by atoms with E-state index in [1.165, 1.54) is 11.0 Å². The SMILES string of the molecule is CN(C)c1ccc(NC(=O)C2CC(=O)N(c3ccc(F)c(F)c3)C2)cc1. The Labute approximate surface area is 150 Å². The number of halogens is 2. The van der Waals surface area contributed by atoms with Crippen molar-refractivity contribution >= 4 is 28.9 Å². The van der Waals surface area contributed by atoms with E-state index in [9.17, 15) is 18.4 Å². The molecule has 1 fully saturated rings. The van der Waals surface area contributed by atoms with Gasteiger partial charge >= 0.3 is 0 Å². The quantitative estimate of drug-likeness (QED) is 0.913. The van der Waals surface area contributed by atoms with Crippen LogP contribution in [-0.2, 0) is 9.59 Å². The lowest BCUT2D eigenvalue weighted by atomic mass is 10.1. The number of nitrogens with zero attached hydrogens (tertiary/aromatic N) is 2. The van der Waals surface area contributed by atoms with Gasteiger partial charge < -0.3 is 15.1 Å². The van der Waals surface area contributed by atoms with E-state index >= 15 is 0 Å². The molecule has 7 heteroatoms. The molecule has 3 rings (SSSR count). The molecule has 2 amide bonds. The Morgan fingerprint density at radius 2 is 1.81 bits per heavy atom. The van der Waals surface area contributed by atoms with Crippen LogP contribution in [0.1, 0.15) is 6.42 Å². The highest BCUT2D eigenvalue weighted by Crippen LogP contribution is 2.27. The fourth-order valence-electron chi connectivity index (χ4n) is 2.87. The molecule has 5 nitrogen and oxygen atoms in total. The monoisotopic (exact) mass is 359 g/mol. The molecule has 0 spiro atoms. The summed E-state index contributed by atoms with van der Waals surface area (Å²) in [5, 5.41) is 2.79. The molecule has 1 aliphatic heterocycles. The maximum absolute atomic E-state index is 13.4. The van der Waals surface area contributed by atoms with Gasteiger partial charge in [0.05, 0.1) is 5.92 Å². The van der Waals surface area contributed by atoms with Crippen molar-refractivity contribution in [3.63, 3.8) is 0 Å². The Morgan fingerprint density at radius 1 is 1.12 bits per heavy atom. The molecule has 1 unspecified atom stereocenters. The molecule has 0 saturated carbocycles. The second-order valence-electron chi connectivity index (χ2n) is 6.43. The van der Waals surface area contributed by atoms with Gasteiger partial charge in [0, 0.05) is 50.2 Å². The van der Waals surface area contributed by atoms with Crippen LogP contribution in [0, 0.1) is 17.6 Å². The zero-order valence-corrected chi connectivity index (χ0v) is 14.5. The molecule has 0 radical (unpaired) electrons. The van der Waals surface area contributed by atoms with Gasteiger partial charge in [0.25, 0.3) is 0 Å². The zero-order chi connectivity index (χ0) is 18.8. The lowest BCUT2D eigenvalue weighted by Gasteiger charge is -2.17. The van der Waals surface area contributed by atoms with E-state index in [4.69, 9.17) is 0 Å². The minimum Gasteiger partial charge on any atom is -0.378 e. The van der Waals surface area contributed by atoms with Gasteiger partial charge in [-0.15, -0.1) is 0 Å². The van der Waals surface area contributed by atoms with Crippen LogP contribution in [0.3, 0.4) is 0 Å². The predicted octanol–water partition coefficient (Wildman–Crippen LogP) is 3.02. The number of amides is 2. The van der Waals surface area contributed by atoms with E-state index in [1.807, 2.05) is 31.1 Å². The Balaban J connectivity index is 1.67. The predicted molar refractivity (Wildman–Crippen MR) is 96.2 cm³/mol. The van der Waals surface area contributed by atoms with Crippen LogP contribution in [0.2, 0.25) is 0 Å². The summed E-state index contributed by atoms with van der Waals surface area (Å²) in [6.45, 7) is 0.130. The molecule has 136 valence electrons. The number of hydrogen-bond acceptors (Lipinski definition) is 3. The van der Waals surface area contributed by atoms with Crippen LogP contribution in [0.4, 0.5) is 25.8 Å². The van der Waals surface area contributed by atoms with Gasteiger partial charge in [-0.05, 0) is 36.4 Å². The number of nitrogens with one attached hydrogen (secondary N) is 1. The number of anilines is 3. The molecule has 1 atom stereocenters. The first-order valence-electron chi connectivity index (χ1n) is 8.19. The number of rotatable bonds is 4. The van der Waals surface area contributed by atoms with Crippen molar-refractivity contribution in [2.24, 2.45) is 5.92 Å². The molecule has 1 saturated heterocycles. The molecule has 1 heterocycles. The summed E-state index contributed by atoms with van der Waals surface area (Å²) in [6.07, 6.45) is 0.0284. The minimum atomic E-state index is -1.02. The Morgan fingerprint density at radius 3 is 2.42 bits per heavy atom. The van der Waals surface area contributed by atoms with Crippen LogP contribution in [-0.4, -0.2) is 32.5 Å². The number of hydrogen-bond donors (Lipinski definition) is 1. The molecule has 0 aromatic heterocycles. The van der Waals surface area contributed by atoms with Crippen molar-refractivity contribution in [3.05, 3.63) is 54.1 Å². The third-order valence-electron chi connectivity index (χ3n) is 4.36. The summed E-state index contributed by atoms with van der Waals surface area (Å²) in [5.74, 6) is -3.12. The Bertz CT molecular complexity index is 837. The van der Waals surface area contributed by atoms with E-state index in [1.54, 1.807) is 12.1 Å². The molecule has 2 aromatic rings. The number of benzene rings is 2. The first-order valence-corrected chi connectivity index (χ1v) is 8.19. The average molecular weight is 359 g/mol. The van der Waals surface area contributed by atoms with Crippen LogP contribution in [0.5, 0.6) is 0 Å². The van der Waals surface area contributed by atoms with Gasteiger partial charge in [-0.2, -0.15) is 0 Å². The van der Waals surface area contributed by atoms with Gasteiger partial charge in [0.2, 0.25) is 11.8 Å². The van der Waals surface area contributed by atoms with Gasteiger partial charge in [-0.3, -0.25) is 9.59 Å². The summed E-state index contributed by atoms with van der Waals surface area (Å²) in [7, 11) is 3.84. The van der Waals surface area contributed by atoms with Gasteiger partial charge in [-0.1, -0.05) is 0 Å². The van der Waals surface area contributed by atoms with Gasteiger partial charge in [0.15, 0.2) is 11.6 Å². The van der Waals surface area contributed by atoms with E-state index in [-0.39, 0.29) is 30.5 Å². The van der Waals surface area contributed by atoms with Crippen molar-refractivity contribution in [3.8, 4) is 0 Å². The fraction of sp³-hybridized carbons (Fsp3) is 0.263. The highest BCUT2D eigenvalue weighted by atomic mass is 19.2. The second kappa shape index (κ2) is 7.11. The van der Waals surface area contributed by atoms with Crippen molar-refractivity contribution in [2.75, 3.05) is 35.8 Å². The topological polar surface area (TPSA) is 52.7 Å². The summed E-state index contributed by atoms with van der Waals surface area (Å²) >= 11 is 0. The van der Waals surface area contributed by atoms with Crippen molar-refractivity contribution in [2.45, 2.75) is 6.42 Å². The standard InChI is InChI=1S/C19H19F2N3O2/c1-23(2)14-5-3-13(4-6-14)22-19(26)12-9-18(25)24(11-12)15-7-8-16(20)17(21)10-15/h3-8,10,12H,9,11H2,1-2H3,(H,22,26). The van der Waals surface area contributed by atoms with Crippen molar-refractivity contribution in [1.29, 1.82) is 0 Å². The van der Waals surface area contributed by atoms with Crippen LogP contribution < -0.4 is 15.1 Å². The molecule has 1 aliphatic rings. The third-order valence-corrected chi connectivity index (χ3v) is 4.36.